The van der Waals surface area contributed by atoms with Crippen LogP contribution >= 0.6 is 11.5 Å². The fourth-order valence-corrected chi connectivity index (χ4v) is 6.14. The van der Waals surface area contributed by atoms with Gasteiger partial charge in [0.05, 0.1) is 5.69 Å². The second-order valence-electron chi connectivity index (χ2n) is 10.4. The van der Waals surface area contributed by atoms with Gasteiger partial charge in [0, 0.05) is 17.8 Å². The second kappa shape index (κ2) is 13.2. The maximum absolute atomic E-state index is 14.0. The van der Waals surface area contributed by atoms with Gasteiger partial charge < -0.3 is 16.4 Å². The van der Waals surface area contributed by atoms with Crippen molar-refractivity contribution in [2.45, 2.75) is 102 Å². The monoisotopic (exact) mass is 543 g/mol. The number of carbonyl (C=O) groups excluding carboxylic acids is 3. The van der Waals surface area contributed by atoms with E-state index in [9.17, 15) is 18.8 Å². The van der Waals surface area contributed by atoms with Crippen LogP contribution in [0.5, 0.6) is 0 Å². The predicted octanol–water partition coefficient (Wildman–Crippen LogP) is 5.19. The Morgan fingerprint density at radius 2 is 1.63 bits per heavy atom. The Kier molecular flexibility index (Phi) is 9.71. The Labute approximate surface area is 227 Å². The lowest BCUT2D eigenvalue weighted by atomic mass is 9.95. The molecule has 0 bridgehead atoms. The van der Waals surface area contributed by atoms with Crippen LogP contribution in [0.2, 0.25) is 0 Å². The van der Waals surface area contributed by atoms with E-state index in [-0.39, 0.29) is 40.2 Å². The Morgan fingerprint density at radius 3 is 2.26 bits per heavy atom. The Hall–Kier alpha value is -3.01. The lowest BCUT2D eigenvalue weighted by Gasteiger charge is -2.32. The molecule has 2 saturated carbocycles. The molecule has 1 aromatic heterocycles. The van der Waals surface area contributed by atoms with Crippen molar-refractivity contribution in [3.8, 4) is 0 Å². The molecule has 0 radical (unpaired) electrons. The van der Waals surface area contributed by atoms with Crippen molar-refractivity contribution in [2.75, 3.05) is 10.6 Å². The molecule has 3 amide bonds. The highest BCUT2D eigenvalue weighted by Crippen LogP contribution is 2.30. The van der Waals surface area contributed by atoms with Crippen molar-refractivity contribution >= 4 is 40.6 Å². The largest absolute Gasteiger partial charge is 0.395 e. The SMILES string of the molecule is CCCC[C@@H](C(=O)NC1CCCC1)N(C(=O)c1snc(C(=O)NC2CCCCC2)c1N)c1ccc(F)cc1. The predicted molar refractivity (Wildman–Crippen MR) is 148 cm³/mol. The maximum Gasteiger partial charge on any atom is 0.273 e. The van der Waals surface area contributed by atoms with E-state index in [4.69, 9.17) is 5.73 Å². The van der Waals surface area contributed by atoms with Crippen molar-refractivity contribution in [1.29, 1.82) is 0 Å². The summed E-state index contributed by atoms with van der Waals surface area (Å²) in [6, 6.07) is 4.85. The number of hydrogen-bond acceptors (Lipinski definition) is 6. The van der Waals surface area contributed by atoms with Crippen LogP contribution in [-0.2, 0) is 4.79 Å². The first-order valence-electron chi connectivity index (χ1n) is 13.8. The minimum atomic E-state index is -0.811. The van der Waals surface area contributed by atoms with Gasteiger partial charge in [-0.3, -0.25) is 19.3 Å². The summed E-state index contributed by atoms with van der Waals surface area (Å²) in [5.41, 5.74) is 6.76. The summed E-state index contributed by atoms with van der Waals surface area (Å²) in [4.78, 5) is 42.0. The lowest BCUT2D eigenvalue weighted by molar-refractivity contribution is -0.123. The van der Waals surface area contributed by atoms with E-state index in [1.165, 1.54) is 29.2 Å². The molecular formula is C28H38FN5O3S. The number of carbonyl (C=O) groups is 3. The van der Waals surface area contributed by atoms with Crippen LogP contribution in [0.15, 0.2) is 24.3 Å². The second-order valence-corrected chi connectivity index (χ2v) is 11.2. The molecule has 2 aliphatic rings. The summed E-state index contributed by atoms with van der Waals surface area (Å²) in [6.07, 6.45) is 11.1. The fraction of sp³-hybridized carbons (Fsp3) is 0.571. The third-order valence-corrected chi connectivity index (χ3v) is 8.40. The van der Waals surface area contributed by atoms with Gasteiger partial charge in [-0.1, -0.05) is 51.9 Å². The third kappa shape index (κ3) is 6.70. The zero-order valence-corrected chi connectivity index (χ0v) is 22.8. The highest BCUT2D eigenvalue weighted by Gasteiger charge is 2.36. The number of nitrogen functional groups attached to an aromatic ring is 1. The van der Waals surface area contributed by atoms with Gasteiger partial charge in [0.25, 0.3) is 11.8 Å². The van der Waals surface area contributed by atoms with Crippen molar-refractivity contribution in [3.63, 3.8) is 0 Å². The summed E-state index contributed by atoms with van der Waals surface area (Å²) in [5, 5.41) is 6.12. The first kappa shape index (κ1) is 28.0. The van der Waals surface area contributed by atoms with Gasteiger partial charge in [-0.2, -0.15) is 4.37 Å². The van der Waals surface area contributed by atoms with Gasteiger partial charge in [0.1, 0.15) is 16.7 Å². The van der Waals surface area contributed by atoms with Gasteiger partial charge >= 0.3 is 0 Å². The molecule has 1 atom stereocenters. The highest BCUT2D eigenvalue weighted by atomic mass is 32.1. The molecule has 206 valence electrons. The first-order chi connectivity index (χ1) is 18.4. The number of amides is 3. The molecule has 2 aliphatic carbocycles. The van der Waals surface area contributed by atoms with E-state index in [1.807, 2.05) is 6.92 Å². The standard InChI is InChI=1S/C28H38FN5O3S/c1-2-3-13-22(26(35)31-19-11-7-8-12-19)34(21-16-14-18(29)15-17-21)28(37)25-23(30)24(33-38-25)27(36)32-20-9-5-4-6-10-20/h14-17,19-20,22H,2-13,30H2,1H3,(H,31,35)(H,32,36)/t22-/m0/s1. The summed E-state index contributed by atoms with van der Waals surface area (Å²) in [6.45, 7) is 2.02. The molecule has 4 N–H and O–H groups in total. The first-order valence-corrected chi connectivity index (χ1v) is 14.6. The van der Waals surface area contributed by atoms with Crippen molar-refractivity contribution < 1.29 is 18.8 Å². The van der Waals surface area contributed by atoms with E-state index in [0.29, 0.717) is 12.1 Å². The molecule has 8 nitrogen and oxygen atoms in total. The highest BCUT2D eigenvalue weighted by molar-refractivity contribution is 7.09. The number of benzene rings is 1. The molecule has 0 spiro atoms. The van der Waals surface area contributed by atoms with Crippen molar-refractivity contribution in [2.24, 2.45) is 0 Å². The topological polar surface area (TPSA) is 117 Å². The van der Waals surface area contributed by atoms with Crippen LogP contribution in [0.25, 0.3) is 0 Å². The van der Waals surface area contributed by atoms with Gasteiger partial charge in [-0.15, -0.1) is 0 Å². The van der Waals surface area contributed by atoms with Gasteiger partial charge in [0.2, 0.25) is 5.91 Å². The number of halogens is 1. The van der Waals surface area contributed by atoms with Crippen LogP contribution in [0.3, 0.4) is 0 Å². The van der Waals surface area contributed by atoms with Crippen LogP contribution in [0.1, 0.15) is 104 Å². The number of rotatable bonds is 10. The van der Waals surface area contributed by atoms with Gasteiger partial charge in [0.15, 0.2) is 5.69 Å². The number of nitrogens with one attached hydrogen (secondary N) is 2. The fourth-order valence-electron chi connectivity index (χ4n) is 5.41. The molecule has 1 aromatic carbocycles. The number of hydrogen-bond donors (Lipinski definition) is 3. The van der Waals surface area contributed by atoms with E-state index >= 15 is 0 Å². The number of anilines is 2. The van der Waals surface area contributed by atoms with Crippen LogP contribution in [0.4, 0.5) is 15.8 Å². The number of nitrogens with two attached hydrogens (primary N) is 1. The summed E-state index contributed by atoms with van der Waals surface area (Å²) in [5.74, 6) is -1.59. The summed E-state index contributed by atoms with van der Waals surface area (Å²) < 4.78 is 18.0. The maximum atomic E-state index is 14.0. The Balaban J connectivity index is 1.63. The van der Waals surface area contributed by atoms with Gasteiger partial charge in [-0.25, -0.2) is 4.39 Å². The van der Waals surface area contributed by atoms with E-state index in [1.54, 1.807) is 0 Å². The van der Waals surface area contributed by atoms with Crippen LogP contribution < -0.4 is 21.3 Å². The molecule has 38 heavy (non-hydrogen) atoms. The zero-order valence-electron chi connectivity index (χ0n) is 22.0. The Morgan fingerprint density at radius 1 is 1.03 bits per heavy atom. The van der Waals surface area contributed by atoms with E-state index in [0.717, 1.165) is 82.2 Å². The summed E-state index contributed by atoms with van der Waals surface area (Å²) in [7, 11) is 0. The molecule has 0 unspecified atom stereocenters. The number of aromatic nitrogens is 1. The van der Waals surface area contributed by atoms with Crippen LogP contribution in [-0.4, -0.2) is 40.2 Å². The minimum Gasteiger partial charge on any atom is -0.395 e. The lowest BCUT2D eigenvalue weighted by Crippen LogP contribution is -2.51. The normalized spacial score (nSPS) is 17.2. The number of nitrogens with zero attached hydrogens (tertiary/aromatic N) is 2. The molecule has 0 saturated heterocycles. The average molecular weight is 544 g/mol. The third-order valence-electron chi connectivity index (χ3n) is 7.55. The molecular weight excluding hydrogens is 505 g/mol. The van der Waals surface area contributed by atoms with E-state index in [2.05, 4.69) is 15.0 Å². The molecule has 10 heteroatoms. The smallest absolute Gasteiger partial charge is 0.273 e. The molecule has 4 rings (SSSR count). The zero-order chi connectivity index (χ0) is 27.1. The molecule has 1 heterocycles. The van der Waals surface area contributed by atoms with Gasteiger partial charge in [-0.05, 0) is 67.9 Å². The average Bonchev–Trinajstić information content (AvgIpc) is 3.57. The minimum absolute atomic E-state index is 0.00543. The Bertz CT molecular complexity index is 1110. The van der Waals surface area contributed by atoms with Crippen LogP contribution in [0, 0.1) is 5.82 Å². The van der Waals surface area contributed by atoms with Crippen molar-refractivity contribution in [3.05, 3.63) is 40.7 Å². The molecule has 2 fully saturated rings. The summed E-state index contributed by atoms with van der Waals surface area (Å²) >= 11 is 0.854. The quantitative estimate of drug-likeness (QED) is 0.381. The molecule has 0 aliphatic heterocycles. The number of unbranched alkanes of at least 4 members (excludes halogenated alkanes) is 1. The van der Waals surface area contributed by atoms with Crippen molar-refractivity contribution in [1.82, 2.24) is 15.0 Å². The van der Waals surface area contributed by atoms with E-state index < -0.39 is 17.8 Å². The molecule has 2 aromatic rings.